The van der Waals surface area contributed by atoms with Crippen LogP contribution in [0.2, 0.25) is 0 Å². The topological polar surface area (TPSA) is 62.7 Å². The Morgan fingerprint density at radius 2 is 1.78 bits per heavy atom. The Hall–Kier alpha value is -0.530. The van der Waals surface area contributed by atoms with Crippen LogP contribution in [-0.4, -0.2) is 37.2 Å². The van der Waals surface area contributed by atoms with Crippen molar-refractivity contribution in [3.8, 4) is 0 Å². The first kappa shape index (κ1) is 20.5. The first-order valence-electron chi connectivity index (χ1n) is 9.02. The van der Waals surface area contributed by atoms with Gasteiger partial charge in [-0.1, -0.05) is 12.8 Å². The van der Waals surface area contributed by atoms with Crippen LogP contribution in [-0.2, 0) is 9.53 Å². The minimum Gasteiger partial charge on any atom is -0.462 e. The summed E-state index contributed by atoms with van der Waals surface area (Å²) in [6.07, 6.45) is 11.0. The minimum atomic E-state index is -0.0594. The van der Waals surface area contributed by atoms with Crippen molar-refractivity contribution in [2.24, 2.45) is 4.99 Å². The number of esters is 1. The van der Waals surface area contributed by atoms with Gasteiger partial charge < -0.3 is 15.4 Å². The van der Waals surface area contributed by atoms with Crippen LogP contribution in [0.5, 0.6) is 0 Å². The number of nitrogens with zero attached hydrogens (tertiary/aromatic N) is 1. The van der Waals surface area contributed by atoms with Gasteiger partial charge in [0.1, 0.15) is 6.10 Å². The maximum absolute atomic E-state index is 11.7. The van der Waals surface area contributed by atoms with Gasteiger partial charge in [-0.05, 0) is 51.9 Å². The molecule has 0 spiro atoms. The monoisotopic (exact) mass is 437 g/mol. The Bertz CT molecular complexity index is 365. The number of ether oxygens (including phenoxy) is 1. The van der Waals surface area contributed by atoms with Crippen molar-refractivity contribution in [2.45, 2.75) is 83.3 Å². The normalized spacial score (nSPS) is 19.4. The first-order chi connectivity index (χ1) is 10.8. The number of hydrogen-bond acceptors (Lipinski definition) is 3. The highest BCUT2D eigenvalue weighted by molar-refractivity contribution is 14.0. The molecule has 0 amide bonds. The number of carbonyl (C=O) groups is 1. The summed E-state index contributed by atoms with van der Waals surface area (Å²) in [6, 6.07) is 0.560. The third-order valence-electron chi connectivity index (χ3n) is 4.45. The van der Waals surface area contributed by atoms with E-state index in [2.05, 4.69) is 22.5 Å². The van der Waals surface area contributed by atoms with Crippen molar-refractivity contribution < 1.29 is 9.53 Å². The van der Waals surface area contributed by atoms with E-state index in [1.54, 1.807) is 0 Å². The molecule has 6 heteroatoms. The molecule has 134 valence electrons. The molecule has 0 unspecified atom stereocenters. The standard InChI is InChI=1S/C17H31N3O2.HI/c1-2-18-17(20-14-8-3-4-9-14)19-13-7-12-16(21)22-15-10-5-6-11-15;/h14-15H,2-13H2,1H3,(H2,18,19,20);1H. The van der Waals surface area contributed by atoms with Gasteiger partial charge in [-0.15, -0.1) is 24.0 Å². The lowest BCUT2D eigenvalue weighted by atomic mass is 10.2. The van der Waals surface area contributed by atoms with Gasteiger partial charge in [0.15, 0.2) is 5.96 Å². The zero-order chi connectivity index (χ0) is 15.6. The molecule has 2 rings (SSSR count). The van der Waals surface area contributed by atoms with Crippen LogP contribution in [0.25, 0.3) is 0 Å². The Morgan fingerprint density at radius 3 is 2.43 bits per heavy atom. The maximum atomic E-state index is 11.7. The number of carbonyl (C=O) groups excluding carboxylic acids is 1. The second-order valence-electron chi connectivity index (χ2n) is 6.39. The molecular formula is C17H32IN3O2. The molecule has 2 N–H and O–H groups in total. The molecule has 0 saturated heterocycles. The van der Waals surface area contributed by atoms with E-state index in [-0.39, 0.29) is 36.0 Å². The molecule has 0 heterocycles. The predicted molar refractivity (Wildman–Crippen MR) is 104 cm³/mol. The second-order valence-corrected chi connectivity index (χ2v) is 6.39. The number of halogens is 1. The van der Waals surface area contributed by atoms with Crippen LogP contribution in [0.3, 0.4) is 0 Å². The number of aliphatic imine (C=N–C) groups is 1. The van der Waals surface area contributed by atoms with Crippen LogP contribution in [0, 0.1) is 0 Å². The fourth-order valence-electron chi connectivity index (χ4n) is 3.25. The summed E-state index contributed by atoms with van der Waals surface area (Å²) in [7, 11) is 0. The van der Waals surface area contributed by atoms with Crippen molar-refractivity contribution in [3.63, 3.8) is 0 Å². The summed E-state index contributed by atoms with van der Waals surface area (Å²) in [5.74, 6) is 0.828. The smallest absolute Gasteiger partial charge is 0.306 e. The van der Waals surface area contributed by atoms with E-state index in [1.165, 1.54) is 38.5 Å². The molecule has 0 radical (unpaired) electrons. The predicted octanol–water partition coefficient (Wildman–Crippen LogP) is 3.37. The summed E-state index contributed by atoms with van der Waals surface area (Å²) in [5.41, 5.74) is 0. The van der Waals surface area contributed by atoms with E-state index in [0.29, 0.717) is 19.0 Å². The number of hydrogen-bond donors (Lipinski definition) is 2. The summed E-state index contributed by atoms with van der Waals surface area (Å²) >= 11 is 0. The van der Waals surface area contributed by atoms with Crippen LogP contribution in [0.15, 0.2) is 4.99 Å². The van der Waals surface area contributed by atoms with Gasteiger partial charge in [-0.2, -0.15) is 0 Å². The summed E-state index contributed by atoms with van der Waals surface area (Å²) in [4.78, 5) is 16.3. The molecule has 0 atom stereocenters. The fraction of sp³-hybridized carbons (Fsp3) is 0.882. The van der Waals surface area contributed by atoms with Gasteiger partial charge >= 0.3 is 5.97 Å². The van der Waals surface area contributed by atoms with E-state index in [9.17, 15) is 4.79 Å². The van der Waals surface area contributed by atoms with E-state index in [0.717, 1.165) is 31.8 Å². The van der Waals surface area contributed by atoms with Gasteiger partial charge in [0.25, 0.3) is 0 Å². The Morgan fingerprint density at radius 1 is 1.13 bits per heavy atom. The highest BCUT2D eigenvalue weighted by atomic mass is 127. The number of guanidine groups is 1. The van der Waals surface area contributed by atoms with Gasteiger partial charge in [0.05, 0.1) is 0 Å². The highest BCUT2D eigenvalue weighted by Gasteiger charge is 2.19. The van der Waals surface area contributed by atoms with Crippen LogP contribution in [0.4, 0.5) is 0 Å². The van der Waals surface area contributed by atoms with Crippen LogP contribution < -0.4 is 10.6 Å². The van der Waals surface area contributed by atoms with Gasteiger partial charge in [0.2, 0.25) is 0 Å². The van der Waals surface area contributed by atoms with Crippen molar-refractivity contribution in [2.75, 3.05) is 13.1 Å². The third-order valence-corrected chi connectivity index (χ3v) is 4.45. The minimum absolute atomic E-state index is 0. The lowest BCUT2D eigenvalue weighted by molar-refractivity contribution is -0.148. The van der Waals surface area contributed by atoms with Gasteiger partial charge in [-0.3, -0.25) is 9.79 Å². The zero-order valence-corrected chi connectivity index (χ0v) is 16.6. The van der Waals surface area contributed by atoms with E-state index in [4.69, 9.17) is 4.74 Å². The SMILES string of the molecule is CCNC(=NCCCC(=O)OC1CCCC1)NC1CCCC1.I. The molecular weight excluding hydrogens is 405 g/mol. The number of rotatable bonds is 7. The summed E-state index contributed by atoms with van der Waals surface area (Å²) in [6.45, 7) is 3.61. The molecule has 2 aliphatic carbocycles. The lowest BCUT2D eigenvalue weighted by Crippen LogP contribution is -2.42. The maximum Gasteiger partial charge on any atom is 0.306 e. The molecule has 0 aromatic rings. The molecule has 0 bridgehead atoms. The quantitative estimate of drug-likeness (QED) is 0.211. The third kappa shape index (κ3) is 8.22. The zero-order valence-electron chi connectivity index (χ0n) is 14.3. The Labute approximate surface area is 157 Å². The first-order valence-corrected chi connectivity index (χ1v) is 9.02. The average molecular weight is 437 g/mol. The van der Waals surface area contributed by atoms with Crippen molar-refractivity contribution in [1.82, 2.24) is 10.6 Å². The van der Waals surface area contributed by atoms with Crippen molar-refractivity contribution in [1.29, 1.82) is 0 Å². The lowest BCUT2D eigenvalue weighted by Gasteiger charge is -2.16. The van der Waals surface area contributed by atoms with E-state index in [1.807, 2.05) is 0 Å². The molecule has 0 aromatic heterocycles. The number of nitrogens with one attached hydrogen (secondary N) is 2. The van der Waals surface area contributed by atoms with Gasteiger partial charge in [-0.25, -0.2) is 0 Å². The molecule has 2 fully saturated rings. The average Bonchev–Trinajstić information content (AvgIpc) is 3.17. The Kier molecular flexibility index (Phi) is 10.6. The second kappa shape index (κ2) is 11.9. The van der Waals surface area contributed by atoms with Crippen LogP contribution in [0.1, 0.15) is 71.1 Å². The van der Waals surface area contributed by atoms with E-state index < -0.39 is 0 Å². The molecule has 2 aliphatic rings. The largest absolute Gasteiger partial charge is 0.462 e. The highest BCUT2D eigenvalue weighted by Crippen LogP contribution is 2.21. The van der Waals surface area contributed by atoms with Crippen LogP contribution >= 0.6 is 24.0 Å². The van der Waals surface area contributed by atoms with Crippen molar-refractivity contribution in [3.05, 3.63) is 0 Å². The summed E-state index contributed by atoms with van der Waals surface area (Å²) in [5, 5.41) is 6.77. The van der Waals surface area contributed by atoms with Gasteiger partial charge in [0, 0.05) is 25.6 Å². The van der Waals surface area contributed by atoms with Crippen molar-refractivity contribution >= 4 is 35.9 Å². The summed E-state index contributed by atoms with van der Waals surface area (Å²) < 4.78 is 5.45. The molecule has 5 nitrogen and oxygen atoms in total. The Balaban J connectivity index is 0.00000264. The molecule has 0 aromatic carbocycles. The molecule has 23 heavy (non-hydrogen) atoms. The van der Waals surface area contributed by atoms with E-state index >= 15 is 0 Å². The molecule has 0 aliphatic heterocycles. The molecule has 2 saturated carbocycles. The fourth-order valence-corrected chi connectivity index (χ4v) is 3.25.